The molecule has 0 atom stereocenters. The molecule has 7 heteroatoms. The first kappa shape index (κ1) is 17.9. The average molecular weight is 348 g/mol. The van der Waals surface area contributed by atoms with E-state index in [-0.39, 0.29) is 11.3 Å². The van der Waals surface area contributed by atoms with Crippen LogP contribution in [-0.4, -0.2) is 28.4 Å². The number of H-pyrrole nitrogens is 1. The third kappa shape index (κ3) is 3.73. The van der Waals surface area contributed by atoms with E-state index in [0.29, 0.717) is 20.6 Å². The zero-order valence-electron chi connectivity index (χ0n) is 14.3. The number of esters is 1. The maximum Gasteiger partial charge on any atom is 0.354 e. The second-order valence-corrected chi connectivity index (χ2v) is 7.47. The second kappa shape index (κ2) is 6.60. The summed E-state index contributed by atoms with van der Waals surface area (Å²) in [7, 11) is 3.03. The highest BCUT2D eigenvalue weighted by molar-refractivity contribution is 7.07. The molecule has 0 saturated heterocycles. The number of methoxy groups -OCH3 is 1. The minimum atomic E-state index is -0.502. The van der Waals surface area contributed by atoms with Crippen LogP contribution in [0, 0.1) is 5.41 Å². The summed E-state index contributed by atoms with van der Waals surface area (Å²) in [5, 5.41) is 0. The van der Waals surface area contributed by atoms with Crippen molar-refractivity contribution in [2.45, 2.75) is 20.8 Å². The Morgan fingerprint density at radius 2 is 1.96 bits per heavy atom. The molecule has 0 unspecified atom stereocenters. The number of ketones is 1. The van der Waals surface area contributed by atoms with E-state index < -0.39 is 11.4 Å². The standard InChI is InChI=1S/C17H20N2O4S/c1-17(2,3)13(20)9-14-18-15(21)12(24-14)8-10-6-7-11(19(10)4)16(22)23-5/h6-9H,1-5H3,(H,18,21)/b12-8-,14-9+. The molecule has 2 aromatic rings. The monoisotopic (exact) mass is 348 g/mol. The molecule has 0 spiro atoms. The Labute approximate surface area is 143 Å². The van der Waals surface area contributed by atoms with Crippen LogP contribution >= 0.6 is 11.3 Å². The third-order valence-corrected chi connectivity index (χ3v) is 4.48. The van der Waals surface area contributed by atoms with Gasteiger partial charge in [-0.15, -0.1) is 11.3 Å². The van der Waals surface area contributed by atoms with Gasteiger partial charge in [0.25, 0.3) is 5.56 Å². The van der Waals surface area contributed by atoms with E-state index in [9.17, 15) is 14.4 Å². The van der Waals surface area contributed by atoms with E-state index in [1.807, 2.05) is 20.8 Å². The maximum atomic E-state index is 12.1. The first-order chi connectivity index (χ1) is 11.1. The van der Waals surface area contributed by atoms with E-state index in [1.165, 1.54) is 24.5 Å². The largest absolute Gasteiger partial charge is 0.464 e. The number of ether oxygens (including phenoxy) is 1. The molecule has 0 amide bonds. The normalized spacial score (nSPS) is 13.4. The van der Waals surface area contributed by atoms with Crippen molar-refractivity contribution in [1.29, 1.82) is 0 Å². The Kier molecular flexibility index (Phi) is 4.94. The molecule has 0 aliphatic rings. The van der Waals surface area contributed by atoms with Crippen molar-refractivity contribution < 1.29 is 14.3 Å². The van der Waals surface area contributed by atoms with E-state index in [4.69, 9.17) is 4.74 Å². The van der Waals surface area contributed by atoms with Gasteiger partial charge in [-0.3, -0.25) is 9.59 Å². The predicted octanol–water partition coefficient (Wildman–Crippen LogP) is 0.786. The summed E-state index contributed by atoms with van der Waals surface area (Å²) in [5.74, 6) is -0.500. The van der Waals surface area contributed by atoms with Crippen LogP contribution in [-0.2, 0) is 16.6 Å². The summed E-state index contributed by atoms with van der Waals surface area (Å²) in [6.45, 7) is 5.47. The quantitative estimate of drug-likeness (QED) is 0.832. The molecule has 0 saturated carbocycles. The number of rotatable bonds is 3. The molecule has 0 bridgehead atoms. The predicted molar refractivity (Wildman–Crippen MR) is 93.4 cm³/mol. The van der Waals surface area contributed by atoms with Crippen LogP contribution in [0.2, 0.25) is 0 Å². The lowest BCUT2D eigenvalue weighted by atomic mass is 9.91. The third-order valence-electron chi connectivity index (χ3n) is 3.52. The fourth-order valence-electron chi connectivity index (χ4n) is 1.98. The molecule has 1 N–H and O–H groups in total. The second-order valence-electron chi connectivity index (χ2n) is 6.38. The molecular formula is C17H20N2O4S. The zero-order chi connectivity index (χ0) is 18.1. The lowest BCUT2D eigenvalue weighted by Gasteiger charge is -2.12. The molecule has 2 aromatic heterocycles. The van der Waals surface area contributed by atoms with Crippen LogP contribution in [0.4, 0.5) is 0 Å². The minimum absolute atomic E-state index is 0.0570. The molecule has 0 aliphatic heterocycles. The summed E-state index contributed by atoms with van der Waals surface area (Å²) in [6.07, 6.45) is 3.13. The summed E-state index contributed by atoms with van der Waals surface area (Å²) < 4.78 is 7.32. The topological polar surface area (TPSA) is 81.2 Å². The summed E-state index contributed by atoms with van der Waals surface area (Å²) >= 11 is 1.20. The first-order valence-corrected chi connectivity index (χ1v) is 8.16. The Morgan fingerprint density at radius 1 is 1.29 bits per heavy atom. The molecule has 6 nitrogen and oxygen atoms in total. The van der Waals surface area contributed by atoms with Crippen LogP contribution < -0.4 is 14.8 Å². The Bertz CT molecular complexity index is 954. The van der Waals surface area contributed by atoms with Crippen LogP contribution in [0.1, 0.15) is 37.0 Å². The number of aromatic nitrogens is 2. The number of aromatic amines is 1. The summed E-state index contributed by atoms with van der Waals surface area (Å²) in [6, 6.07) is 3.37. The maximum absolute atomic E-state index is 12.1. The van der Waals surface area contributed by atoms with Crippen LogP contribution in [0.25, 0.3) is 12.2 Å². The van der Waals surface area contributed by atoms with Crippen molar-refractivity contribution in [3.63, 3.8) is 0 Å². The number of carbonyl (C=O) groups is 2. The molecule has 0 fully saturated rings. The molecule has 2 rings (SSSR count). The van der Waals surface area contributed by atoms with Gasteiger partial charge in [0, 0.05) is 24.2 Å². The van der Waals surface area contributed by atoms with Crippen molar-refractivity contribution in [2.75, 3.05) is 7.11 Å². The molecule has 0 aromatic carbocycles. The fraction of sp³-hybridized carbons (Fsp3) is 0.353. The van der Waals surface area contributed by atoms with Crippen molar-refractivity contribution in [2.24, 2.45) is 12.5 Å². The van der Waals surface area contributed by atoms with Crippen molar-refractivity contribution >= 4 is 35.2 Å². The summed E-state index contributed by atoms with van der Waals surface area (Å²) in [4.78, 5) is 38.4. The van der Waals surface area contributed by atoms with Gasteiger partial charge in [0.05, 0.1) is 16.3 Å². The molecule has 24 heavy (non-hydrogen) atoms. The van der Waals surface area contributed by atoms with Gasteiger partial charge in [0.1, 0.15) is 5.69 Å². The molecule has 2 heterocycles. The Hall–Kier alpha value is -2.41. The van der Waals surface area contributed by atoms with Crippen LogP contribution in [0.15, 0.2) is 16.9 Å². The van der Waals surface area contributed by atoms with Crippen molar-refractivity contribution in [1.82, 2.24) is 9.55 Å². The minimum Gasteiger partial charge on any atom is -0.464 e. The number of nitrogens with one attached hydrogen (secondary N) is 1. The van der Waals surface area contributed by atoms with Gasteiger partial charge in [0.15, 0.2) is 5.78 Å². The number of hydrogen-bond acceptors (Lipinski definition) is 5. The number of nitrogens with zero attached hydrogens (tertiary/aromatic N) is 1. The Balaban J connectivity index is 2.48. The SMILES string of the molecule is COC(=O)c1ccc(/C=c2\s/c(=C/C(=O)C(C)(C)C)[nH]c2=O)n1C. The van der Waals surface area contributed by atoms with Gasteiger partial charge in [0.2, 0.25) is 0 Å². The molecule has 0 radical (unpaired) electrons. The highest BCUT2D eigenvalue weighted by Gasteiger charge is 2.18. The van der Waals surface area contributed by atoms with E-state index in [0.717, 1.165) is 0 Å². The number of Topliss-reactive ketones (excluding diaryl/α,β-unsaturated/α-hetero) is 1. The van der Waals surface area contributed by atoms with E-state index in [1.54, 1.807) is 29.8 Å². The summed E-state index contributed by atoms with van der Waals surface area (Å²) in [5.41, 5.74) is 0.315. The lowest BCUT2D eigenvalue weighted by Crippen LogP contribution is -2.22. The number of carbonyl (C=O) groups excluding carboxylic acids is 2. The first-order valence-electron chi connectivity index (χ1n) is 7.34. The molecule has 0 aliphatic carbocycles. The van der Waals surface area contributed by atoms with Gasteiger partial charge >= 0.3 is 5.97 Å². The lowest BCUT2D eigenvalue weighted by molar-refractivity contribution is -0.119. The van der Waals surface area contributed by atoms with Crippen LogP contribution in [0.3, 0.4) is 0 Å². The zero-order valence-corrected chi connectivity index (χ0v) is 15.1. The van der Waals surface area contributed by atoms with Gasteiger partial charge in [-0.25, -0.2) is 4.79 Å². The van der Waals surface area contributed by atoms with Gasteiger partial charge in [-0.1, -0.05) is 20.8 Å². The Morgan fingerprint density at radius 3 is 2.54 bits per heavy atom. The highest BCUT2D eigenvalue weighted by atomic mass is 32.1. The van der Waals surface area contributed by atoms with Crippen LogP contribution in [0.5, 0.6) is 0 Å². The van der Waals surface area contributed by atoms with Crippen molar-refractivity contribution in [3.05, 3.63) is 43.1 Å². The van der Waals surface area contributed by atoms with E-state index >= 15 is 0 Å². The fourth-order valence-corrected chi connectivity index (χ4v) is 2.85. The highest BCUT2D eigenvalue weighted by Crippen LogP contribution is 2.14. The van der Waals surface area contributed by atoms with Gasteiger partial charge in [-0.2, -0.15) is 0 Å². The number of hydrogen-bond donors (Lipinski definition) is 1. The van der Waals surface area contributed by atoms with Gasteiger partial charge < -0.3 is 14.3 Å². The smallest absolute Gasteiger partial charge is 0.354 e. The van der Waals surface area contributed by atoms with Crippen molar-refractivity contribution in [3.8, 4) is 0 Å². The number of thiazole rings is 1. The average Bonchev–Trinajstić information content (AvgIpc) is 3.02. The van der Waals surface area contributed by atoms with E-state index in [2.05, 4.69) is 4.98 Å². The molecular weight excluding hydrogens is 328 g/mol. The van der Waals surface area contributed by atoms with Gasteiger partial charge in [-0.05, 0) is 18.2 Å². The molecule has 128 valence electrons.